The summed E-state index contributed by atoms with van der Waals surface area (Å²) in [7, 11) is 1.78. The smallest absolute Gasteiger partial charge is 0.270 e. The Labute approximate surface area is 116 Å². The largest absolute Gasteiger partial charge is 0.397 e. The molecule has 2 aromatic rings. The second-order valence-electron chi connectivity index (χ2n) is 4.49. The van der Waals surface area contributed by atoms with E-state index < -0.39 is 0 Å². The topological polar surface area (TPSA) is 64.2 Å². The standard InChI is InChI=1S/C13H18N4OS/c1-3-4-17-6-10(14)5-12(17)13(18)16(2)7-11-8-19-9-15-11/h5-6,8-9H,3-4,7,14H2,1-2H3. The van der Waals surface area contributed by atoms with E-state index in [0.29, 0.717) is 17.9 Å². The highest BCUT2D eigenvalue weighted by molar-refractivity contribution is 7.07. The third-order valence-corrected chi connectivity index (χ3v) is 3.47. The van der Waals surface area contributed by atoms with Crippen molar-refractivity contribution in [3.8, 4) is 0 Å². The maximum atomic E-state index is 12.4. The molecule has 5 nitrogen and oxygen atoms in total. The molecule has 0 aliphatic carbocycles. The van der Waals surface area contributed by atoms with Crippen LogP contribution in [0.15, 0.2) is 23.2 Å². The molecule has 0 bridgehead atoms. The molecule has 2 rings (SSSR count). The van der Waals surface area contributed by atoms with Crippen molar-refractivity contribution in [2.24, 2.45) is 0 Å². The summed E-state index contributed by atoms with van der Waals surface area (Å²) in [5, 5.41) is 1.95. The molecule has 1 amide bonds. The first-order valence-electron chi connectivity index (χ1n) is 6.20. The summed E-state index contributed by atoms with van der Waals surface area (Å²) in [4.78, 5) is 18.3. The molecule has 0 saturated heterocycles. The number of amides is 1. The third kappa shape index (κ3) is 3.14. The number of carbonyl (C=O) groups is 1. The summed E-state index contributed by atoms with van der Waals surface area (Å²) in [6.45, 7) is 3.38. The van der Waals surface area contributed by atoms with Crippen molar-refractivity contribution >= 4 is 22.9 Å². The number of anilines is 1. The molecule has 2 aromatic heterocycles. The number of hydrogen-bond donors (Lipinski definition) is 1. The Morgan fingerprint density at radius 2 is 2.37 bits per heavy atom. The number of thiazole rings is 1. The van der Waals surface area contributed by atoms with Crippen molar-refractivity contribution in [1.82, 2.24) is 14.5 Å². The average Bonchev–Trinajstić information content (AvgIpc) is 2.98. The predicted octanol–water partition coefficient (Wildman–Crippen LogP) is 2.21. The minimum absolute atomic E-state index is 0.0295. The highest BCUT2D eigenvalue weighted by Crippen LogP contribution is 2.15. The van der Waals surface area contributed by atoms with Gasteiger partial charge in [0.25, 0.3) is 5.91 Å². The molecule has 0 atom stereocenters. The molecule has 0 aliphatic rings. The first-order chi connectivity index (χ1) is 9.11. The maximum absolute atomic E-state index is 12.4. The van der Waals surface area contributed by atoms with Crippen LogP contribution in [0, 0.1) is 0 Å². The Hall–Kier alpha value is -1.82. The van der Waals surface area contributed by atoms with Gasteiger partial charge in [0.15, 0.2) is 0 Å². The summed E-state index contributed by atoms with van der Waals surface area (Å²) in [5.41, 5.74) is 9.72. The van der Waals surface area contributed by atoms with Crippen molar-refractivity contribution in [2.75, 3.05) is 12.8 Å². The highest BCUT2D eigenvalue weighted by atomic mass is 32.1. The van der Waals surface area contributed by atoms with E-state index in [4.69, 9.17) is 5.73 Å². The van der Waals surface area contributed by atoms with Crippen LogP contribution in [0.2, 0.25) is 0 Å². The highest BCUT2D eigenvalue weighted by Gasteiger charge is 2.17. The number of nitrogen functional groups attached to an aromatic ring is 1. The van der Waals surface area contributed by atoms with Crippen LogP contribution in [0.5, 0.6) is 0 Å². The number of aromatic nitrogens is 2. The number of nitrogens with zero attached hydrogens (tertiary/aromatic N) is 3. The number of aryl methyl sites for hydroxylation is 1. The lowest BCUT2D eigenvalue weighted by Crippen LogP contribution is -2.28. The van der Waals surface area contributed by atoms with Gasteiger partial charge in [-0.25, -0.2) is 4.98 Å². The lowest BCUT2D eigenvalue weighted by Gasteiger charge is -2.17. The number of hydrogen-bond acceptors (Lipinski definition) is 4. The monoisotopic (exact) mass is 278 g/mol. The minimum atomic E-state index is -0.0295. The second kappa shape index (κ2) is 5.88. The van der Waals surface area contributed by atoms with E-state index in [0.717, 1.165) is 18.7 Å². The molecule has 0 saturated carbocycles. The molecule has 0 aromatic carbocycles. The van der Waals surface area contributed by atoms with Crippen molar-refractivity contribution in [3.63, 3.8) is 0 Å². The van der Waals surface area contributed by atoms with Gasteiger partial charge in [0.2, 0.25) is 0 Å². The van der Waals surface area contributed by atoms with E-state index in [1.807, 2.05) is 16.1 Å². The summed E-state index contributed by atoms with van der Waals surface area (Å²) in [6.07, 6.45) is 2.78. The van der Waals surface area contributed by atoms with E-state index in [1.54, 1.807) is 23.5 Å². The summed E-state index contributed by atoms with van der Waals surface area (Å²) >= 11 is 1.53. The van der Waals surface area contributed by atoms with E-state index in [1.165, 1.54) is 11.3 Å². The quantitative estimate of drug-likeness (QED) is 0.912. The summed E-state index contributed by atoms with van der Waals surface area (Å²) in [5.74, 6) is -0.0295. The van der Waals surface area contributed by atoms with Crippen LogP contribution in [0.1, 0.15) is 29.5 Å². The molecule has 0 aliphatic heterocycles. The van der Waals surface area contributed by atoms with Crippen LogP contribution in [-0.2, 0) is 13.1 Å². The molecule has 0 unspecified atom stereocenters. The van der Waals surface area contributed by atoms with E-state index in [-0.39, 0.29) is 5.91 Å². The zero-order valence-electron chi connectivity index (χ0n) is 11.2. The Balaban J connectivity index is 2.14. The molecule has 2 heterocycles. The fraction of sp³-hybridized carbons (Fsp3) is 0.385. The van der Waals surface area contributed by atoms with Gasteiger partial charge in [-0.05, 0) is 12.5 Å². The van der Waals surface area contributed by atoms with E-state index in [9.17, 15) is 4.79 Å². The van der Waals surface area contributed by atoms with Gasteiger partial charge in [-0.2, -0.15) is 0 Å². The van der Waals surface area contributed by atoms with Crippen molar-refractivity contribution in [3.05, 3.63) is 34.5 Å². The second-order valence-corrected chi connectivity index (χ2v) is 5.21. The van der Waals surface area contributed by atoms with Gasteiger partial charge in [-0.1, -0.05) is 6.92 Å². The predicted molar refractivity (Wildman–Crippen MR) is 77.0 cm³/mol. The maximum Gasteiger partial charge on any atom is 0.270 e. The van der Waals surface area contributed by atoms with Crippen LogP contribution in [0.3, 0.4) is 0 Å². The van der Waals surface area contributed by atoms with Crippen LogP contribution in [0.25, 0.3) is 0 Å². The van der Waals surface area contributed by atoms with Gasteiger partial charge in [0.1, 0.15) is 5.69 Å². The molecule has 0 radical (unpaired) electrons. The normalized spacial score (nSPS) is 10.6. The van der Waals surface area contributed by atoms with Crippen LogP contribution >= 0.6 is 11.3 Å². The fourth-order valence-corrected chi connectivity index (χ4v) is 2.51. The van der Waals surface area contributed by atoms with Crippen LogP contribution < -0.4 is 5.73 Å². The summed E-state index contributed by atoms with van der Waals surface area (Å²) in [6, 6.07) is 1.73. The fourth-order valence-electron chi connectivity index (χ4n) is 1.96. The SMILES string of the molecule is CCCn1cc(N)cc1C(=O)N(C)Cc1cscn1. The van der Waals surface area contributed by atoms with Crippen LogP contribution in [0.4, 0.5) is 5.69 Å². The van der Waals surface area contributed by atoms with E-state index >= 15 is 0 Å². The molecule has 19 heavy (non-hydrogen) atoms. The van der Waals surface area contributed by atoms with E-state index in [2.05, 4.69) is 11.9 Å². The van der Waals surface area contributed by atoms with Crippen molar-refractivity contribution in [2.45, 2.75) is 26.4 Å². The summed E-state index contributed by atoms with van der Waals surface area (Å²) < 4.78 is 1.91. The average molecular weight is 278 g/mol. The molecular weight excluding hydrogens is 260 g/mol. The van der Waals surface area contributed by atoms with Gasteiger partial charge in [0.05, 0.1) is 23.4 Å². The van der Waals surface area contributed by atoms with Gasteiger partial charge in [-0.3, -0.25) is 4.79 Å². The molecule has 0 fully saturated rings. The number of rotatable bonds is 5. The molecular formula is C13H18N4OS. The zero-order chi connectivity index (χ0) is 13.8. The van der Waals surface area contributed by atoms with Crippen molar-refractivity contribution in [1.29, 1.82) is 0 Å². The van der Waals surface area contributed by atoms with Crippen LogP contribution in [-0.4, -0.2) is 27.4 Å². The first-order valence-corrected chi connectivity index (χ1v) is 7.14. The Morgan fingerprint density at radius 1 is 1.58 bits per heavy atom. The van der Waals surface area contributed by atoms with Gasteiger partial charge < -0.3 is 15.2 Å². The first kappa shape index (κ1) is 13.6. The molecule has 2 N–H and O–H groups in total. The molecule has 0 spiro atoms. The van der Waals surface area contributed by atoms with Gasteiger partial charge >= 0.3 is 0 Å². The Morgan fingerprint density at radius 3 is 3.00 bits per heavy atom. The molecule has 6 heteroatoms. The lowest BCUT2D eigenvalue weighted by atomic mass is 10.3. The number of carbonyl (C=O) groups excluding carboxylic acids is 1. The molecule has 102 valence electrons. The Bertz CT molecular complexity index is 547. The lowest BCUT2D eigenvalue weighted by molar-refractivity contribution is 0.0773. The van der Waals surface area contributed by atoms with Gasteiger partial charge in [-0.15, -0.1) is 11.3 Å². The Kier molecular flexibility index (Phi) is 4.21. The number of nitrogens with two attached hydrogens (primary N) is 1. The third-order valence-electron chi connectivity index (χ3n) is 2.83. The zero-order valence-corrected chi connectivity index (χ0v) is 12.0. The van der Waals surface area contributed by atoms with Crippen molar-refractivity contribution < 1.29 is 4.79 Å². The van der Waals surface area contributed by atoms with Gasteiger partial charge in [0, 0.05) is 25.2 Å². The minimum Gasteiger partial charge on any atom is -0.397 e.